The van der Waals surface area contributed by atoms with Gasteiger partial charge in [-0.25, -0.2) is 4.79 Å². The fourth-order valence-corrected chi connectivity index (χ4v) is 2.86. The van der Waals surface area contributed by atoms with Crippen LogP contribution in [0, 0.1) is 12.8 Å². The van der Waals surface area contributed by atoms with E-state index in [0.717, 1.165) is 6.42 Å². The van der Waals surface area contributed by atoms with Crippen LogP contribution in [-0.4, -0.2) is 28.9 Å². The van der Waals surface area contributed by atoms with E-state index in [1.807, 2.05) is 0 Å². The Labute approximate surface area is 119 Å². The Bertz CT molecular complexity index is 464. The summed E-state index contributed by atoms with van der Waals surface area (Å²) in [6.07, 6.45) is 5.32. The number of rotatable bonds is 6. The molecule has 1 aliphatic carbocycles. The van der Waals surface area contributed by atoms with Crippen LogP contribution in [0.3, 0.4) is 0 Å². The molecule has 2 N–H and O–H groups in total. The zero-order valence-electron chi connectivity index (χ0n) is 11.8. The van der Waals surface area contributed by atoms with Crippen molar-refractivity contribution in [3.63, 3.8) is 0 Å². The summed E-state index contributed by atoms with van der Waals surface area (Å²) in [5, 5.41) is 18.9. The van der Waals surface area contributed by atoms with E-state index in [1.54, 1.807) is 19.1 Å². The maximum Gasteiger partial charge on any atom is 0.335 e. The molecule has 1 aromatic carbocycles. The summed E-state index contributed by atoms with van der Waals surface area (Å²) in [7, 11) is 0. The Balaban J connectivity index is 1.84. The van der Waals surface area contributed by atoms with Crippen molar-refractivity contribution in [3.8, 4) is 5.75 Å². The number of aryl methyl sites for hydroxylation is 1. The lowest BCUT2D eigenvalue weighted by Gasteiger charge is -2.16. The monoisotopic (exact) mass is 278 g/mol. The van der Waals surface area contributed by atoms with Crippen LogP contribution < -0.4 is 4.74 Å². The summed E-state index contributed by atoms with van der Waals surface area (Å²) >= 11 is 0. The van der Waals surface area contributed by atoms with Gasteiger partial charge >= 0.3 is 5.97 Å². The van der Waals surface area contributed by atoms with Crippen molar-refractivity contribution in [3.05, 3.63) is 29.3 Å². The van der Waals surface area contributed by atoms with Crippen molar-refractivity contribution < 1.29 is 19.7 Å². The molecule has 0 radical (unpaired) electrons. The standard InChI is InChI=1S/C16H22O4/c1-11-8-14(6-7-15(11)16(18)19)20-10-13(17)9-12-4-2-3-5-12/h6-8,12-13,17H,2-5,9-10H2,1H3,(H,18,19). The highest BCUT2D eigenvalue weighted by Crippen LogP contribution is 2.28. The number of aliphatic hydroxyl groups excluding tert-OH is 1. The van der Waals surface area contributed by atoms with Gasteiger partial charge < -0.3 is 14.9 Å². The van der Waals surface area contributed by atoms with E-state index >= 15 is 0 Å². The smallest absolute Gasteiger partial charge is 0.335 e. The van der Waals surface area contributed by atoms with Gasteiger partial charge in [0, 0.05) is 0 Å². The lowest BCUT2D eigenvalue weighted by atomic mass is 10.0. The number of benzene rings is 1. The Morgan fingerprint density at radius 1 is 1.40 bits per heavy atom. The van der Waals surface area contributed by atoms with Gasteiger partial charge in [0.25, 0.3) is 0 Å². The van der Waals surface area contributed by atoms with Crippen LogP contribution in [0.4, 0.5) is 0 Å². The average Bonchev–Trinajstić information content (AvgIpc) is 2.89. The number of carboxylic acid groups (broad SMARTS) is 1. The summed E-state index contributed by atoms with van der Waals surface area (Å²) in [6.45, 7) is 2.01. The molecule has 2 rings (SSSR count). The maximum atomic E-state index is 10.9. The zero-order chi connectivity index (χ0) is 14.5. The van der Waals surface area contributed by atoms with Crippen LogP contribution >= 0.6 is 0 Å². The molecule has 1 aliphatic rings. The molecule has 20 heavy (non-hydrogen) atoms. The number of carbonyl (C=O) groups is 1. The van der Waals surface area contributed by atoms with E-state index in [1.165, 1.54) is 31.7 Å². The second kappa shape index (κ2) is 6.75. The number of carboxylic acids is 1. The first-order chi connectivity index (χ1) is 9.56. The minimum Gasteiger partial charge on any atom is -0.491 e. The highest BCUT2D eigenvalue weighted by Gasteiger charge is 2.19. The second-order valence-electron chi connectivity index (χ2n) is 5.63. The molecule has 110 valence electrons. The predicted molar refractivity (Wildman–Crippen MR) is 76.2 cm³/mol. The van der Waals surface area contributed by atoms with Gasteiger partial charge in [0.05, 0.1) is 11.7 Å². The van der Waals surface area contributed by atoms with Crippen molar-refractivity contribution in [1.29, 1.82) is 0 Å². The van der Waals surface area contributed by atoms with E-state index in [4.69, 9.17) is 9.84 Å². The second-order valence-corrected chi connectivity index (χ2v) is 5.63. The van der Waals surface area contributed by atoms with Crippen LogP contribution in [0.2, 0.25) is 0 Å². The summed E-state index contributed by atoms with van der Waals surface area (Å²) < 4.78 is 5.55. The number of hydrogen-bond donors (Lipinski definition) is 2. The Morgan fingerprint density at radius 2 is 2.10 bits per heavy atom. The van der Waals surface area contributed by atoms with Crippen molar-refractivity contribution in [1.82, 2.24) is 0 Å². The third kappa shape index (κ3) is 3.97. The van der Waals surface area contributed by atoms with Crippen molar-refractivity contribution in [2.75, 3.05) is 6.61 Å². The number of aromatic carboxylic acids is 1. The lowest BCUT2D eigenvalue weighted by molar-refractivity contribution is 0.0695. The molecule has 0 bridgehead atoms. The SMILES string of the molecule is Cc1cc(OCC(O)CC2CCCC2)ccc1C(=O)O. The van der Waals surface area contributed by atoms with Gasteiger partial charge in [-0.2, -0.15) is 0 Å². The summed E-state index contributed by atoms with van der Waals surface area (Å²) in [5.74, 6) is 0.304. The molecule has 0 aliphatic heterocycles. The van der Waals surface area contributed by atoms with Gasteiger partial charge in [0.2, 0.25) is 0 Å². The summed E-state index contributed by atoms with van der Waals surface area (Å²) in [5.41, 5.74) is 0.948. The van der Waals surface area contributed by atoms with Gasteiger partial charge in [-0.15, -0.1) is 0 Å². The Morgan fingerprint density at radius 3 is 2.70 bits per heavy atom. The molecule has 1 aromatic rings. The van der Waals surface area contributed by atoms with Crippen molar-refractivity contribution in [2.45, 2.75) is 45.1 Å². The van der Waals surface area contributed by atoms with Gasteiger partial charge in [0.1, 0.15) is 12.4 Å². The minimum atomic E-state index is -0.935. The Hall–Kier alpha value is -1.55. The van der Waals surface area contributed by atoms with E-state index in [9.17, 15) is 9.90 Å². The highest BCUT2D eigenvalue weighted by atomic mass is 16.5. The van der Waals surface area contributed by atoms with E-state index in [2.05, 4.69) is 0 Å². The van der Waals surface area contributed by atoms with Gasteiger partial charge in [-0.05, 0) is 43.0 Å². The lowest BCUT2D eigenvalue weighted by Crippen LogP contribution is -2.20. The summed E-state index contributed by atoms with van der Waals surface area (Å²) in [4.78, 5) is 10.9. The van der Waals surface area contributed by atoms with E-state index in [0.29, 0.717) is 17.2 Å². The number of aliphatic hydroxyl groups is 1. The molecule has 4 heteroatoms. The maximum absolute atomic E-state index is 10.9. The van der Waals surface area contributed by atoms with Crippen molar-refractivity contribution in [2.24, 2.45) is 5.92 Å². The molecule has 0 amide bonds. The first-order valence-corrected chi connectivity index (χ1v) is 7.21. The first kappa shape index (κ1) is 14.9. The molecule has 0 spiro atoms. The molecule has 1 saturated carbocycles. The molecular formula is C16H22O4. The zero-order valence-corrected chi connectivity index (χ0v) is 11.8. The fourth-order valence-electron chi connectivity index (χ4n) is 2.86. The third-order valence-corrected chi connectivity index (χ3v) is 3.95. The fraction of sp³-hybridized carbons (Fsp3) is 0.562. The average molecular weight is 278 g/mol. The molecule has 1 fully saturated rings. The molecule has 0 saturated heterocycles. The van der Waals surface area contributed by atoms with Gasteiger partial charge in [0.15, 0.2) is 0 Å². The van der Waals surface area contributed by atoms with E-state index < -0.39 is 12.1 Å². The normalized spacial score (nSPS) is 17.1. The van der Waals surface area contributed by atoms with Crippen LogP contribution in [0.1, 0.15) is 48.0 Å². The van der Waals surface area contributed by atoms with Gasteiger partial charge in [-0.1, -0.05) is 25.7 Å². The summed E-state index contributed by atoms with van der Waals surface area (Å²) in [6, 6.07) is 4.88. The van der Waals surface area contributed by atoms with E-state index in [-0.39, 0.29) is 12.2 Å². The third-order valence-electron chi connectivity index (χ3n) is 3.95. The van der Waals surface area contributed by atoms with Crippen LogP contribution in [0.25, 0.3) is 0 Å². The molecular weight excluding hydrogens is 256 g/mol. The topological polar surface area (TPSA) is 66.8 Å². The number of ether oxygens (including phenoxy) is 1. The first-order valence-electron chi connectivity index (χ1n) is 7.21. The predicted octanol–water partition coefficient (Wildman–Crippen LogP) is 3.01. The quantitative estimate of drug-likeness (QED) is 0.839. The largest absolute Gasteiger partial charge is 0.491 e. The molecule has 1 atom stereocenters. The van der Waals surface area contributed by atoms with Crippen LogP contribution in [0.5, 0.6) is 5.75 Å². The molecule has 0 aromatic heterocycles. The molecule has 0 heterocycles. The number of hydrogen-bond acceptors (Lipinski definition) is 3. The molecule has 4 nitrogen and oxygen atoms in total. The van der Waals surface area contributed by atoms with Crippen LogP contribution in [-0.2, 0) is 0 Å². The Kier molecular flexibility index (Phi) is 5.01. The minimum absolute atomic E-state index is 0.266. The van der Waals surface area contributed by atoms with Crippen LogP contribution in [0.15, 0.2) is 18.2 Å². The van der Waals surface area contributed by atoms with Crippen molar-refractivity contribution >= 4 is 5.97 Å². The molecule has 1 unspecified atom stereocenters. The highest BCUT2D eigenvalue weighted by molar-refractivity contribution is 5.89. The van der Waals surface area contributed by atoms with Gasteiger partial charge in [-0.3, -0.25) is 0 Å².